The van der Waals surface area contributed by atoms with E-state index in [9.17, 15) is 4.79 Å². The van der Waals surface area contributed by atoms with Gasteiger partial charge in [-0.15, -0.1) is 0 Å². The summed E-state index contributed by atoms with van der Waals surface area (Å²) in [5, 5.41) is 4.07. The fraction of sp³-hybridized carbons (Fsp3) is 0.250. The summed E-state index contributed by atoms with van der Waals surface area (Å²) in [5.74, 6) is 2.15. The van der Waals surface area contributed by atoms with Crippen LogP contribution in [0.4, 0.5) is 5.69 Å². The number of nitrogens with zero attached hydrogens (tertiary/aromatic N) is 3. The number of hydrogen-bond donors (Lipinski definition) is 0. The van der Waals surface area contributed by atoms with Crippen LogP contribution in [0.1, 0.15) is 18.2 Å². The van der Waals surface area contributed by atoms with Crippen LogP contribution in [-0.4, -0.2) is 36.8 Å². The quantitative estimate of drug-likeness (QED) is 0.691. The molecular weight excluding hydrogens is 346 g/mol. The van der Waals surface area contributed by atoms with Crippen molar-refractivity contribution in [3.05, 3.63) is 54.4 Å². The molecule has 1 fully saturated rings. The third kappa shape index (κ3) is 3.23. The minimum atomic E-state index is -0.153. The average molecular weight is 365 g/mol. The number of anilines is 1. The zero-order valence-corrected chi connectivity index (χ0v) is 15.1. The third-order valence-corrected chi connectivity index (χ3v) is 4.63. The second-order valence-electron chi connectivity index (χ2n) is 6.26. The van der Waals surface area contributed by atoms with Gasteiger partial charge in [0.05, 0.1) is 25.7 Å². The number of amides is 1. The van der Waals surface area contributed by atoms with Crippen molar-refractivity contribution >= 4 is 11.6 Å². The molecule has 1 atom stereocenters. The summed E-state index contributed by atoms with van der Waals surface area (Å²) in [5.41, 5.74) is 1.55. The van der Waals surface area contributed by atoms with Crippen molar-refractivity contribution in [2.45, 2.75) is 12.3 Å². The zero-order chi connectivity index (χ0) is 18.8. The van der Waals surface area contributed by atoms with Crippen LogP contribution in [0.15, 0.2) is 53.1 Å². The zero-order valence-electron chi connectivity index (χ0n) is 15.1. The molecule has 0 N–H and O–H groups in total. The first-order chi connectivity index (χ1) is 13.2. The largest absolute Gasteiger partial charge is 0.497 e. The fourth-order valence-corrected chi connectivity index (χ4v) is 3.24. The van der Waals surface area contributed by atoms with Gasteiger partial charge < -0.3 is 18.9 Å². The van der Waals surface area contributed by atoms with Gasteiger partial charge in [-0.25, -0.2) is 0 Å². The van der Waals surface area contributed by atoms with E-state index in [1.165, 1.54) is 0 Å². The monoisotopic (exact) mass is 365 g/mol. The maximum absolute atomic E-state index is 12.5. The topological polar surface area (TPSA) is 77.7 Å². The Kier molecular flexibility index (Phi) is 4.50. The molecule has 4 rings (SSSR count). The molecule has 0 aliphatic carbocycles. The lowest BCUT2D eigenvalue weighted by Gasteiger charge is -2.16. The number of methoxy groups -OCH3 is 2. The van der Waals surface area contributed by atoms with Crippen LogP contribution in [0.5, 0.6) is 11.5 Å². The molecule has 3 aromatic rings. The number of aromatic nitrogens is 2. The highest BCUT2D eigenvalue weighted by Crippen LogP contribution is 2.34. The number of ether oxygens (including phenoxy) is 2. The van der Waals surface area contributed by atoms with Gasteiger partial charge >= 0.3 is 0 Å². The lowest BCUT2D eigenvalue weighted by Crippen LogP contribution is -2.24. The lowest BCUT2D eigenvalue weighted by molar-refractivity contribution is -0.117. The first kappa shape index (κ1) is 17.1. The SMILES string of the molecule is COc1cccc(N2CC(c3nc(-c4ccccc4OC)no3)CC2=O)c1. The van der Waals surface area contributed by atoms with Gasteiger partial charge in [-0.05, 0) is 24.3 Å². The highest BCUT2D eigenvalue weighted by Gasteiger charge is 2.35. The Morgan fingerprint density at radius 2 is 1.96 bits per heavy atom. The maximum atomic E-state index is 12.5. The number of rotatable bonds is 5. The van der Waals surface area contributed by atoms with Gasteiger partial charge in [0.25, 0.3) is 0 Å². The van der Waals surface area contributed by atoms with Crippen molar-refractivity contribution in [3.8, 4) is 22.9 Å². The average Bonchev–Trinajstić information content (AvgIpc) is 3.35. The molecule has 0 saturated carbocycles. The summed E-state index contributed by atoms with van der Waals surface area (Å²) in [6, 6.07) is 14.9. The van der Waals surface area contributed by atoms with Gasteiger partial charge in [-0.3, -0.25) is 4.79 Å². The normalized spacial score (nSPS) is 16.6. The molecule has 1 amide bonds. The highest BCUT2D eigenvalue weighted by atomic mass is 16.5. The van der Waals surface area contributed by atoms with Gasteiger partial charge in [0.15, 0.2) is 0 Å². The van der Waals surface area contributed by atoms with E-state index < -0.39 is 0 Å². The number of benzene rings is 2. The van der Waals surface area contributed by atoms with Gasteiger partial charge in [0.2, 0.25) is 17.6 Å². The smallest absolute Gasteiger partial charge is 0.232 e. The first-order valence-corrected chi connectivity index (χ1v) is 8.61. The van der Waals surface area contributed by atoms with Crippen LogP contribution < -0.4 is 14.4 Å². The van der Waals surface area contributed by atoms with Gasteiger partial charge in [0, 0.05) is 24.7 Å². The van der Waals surface area contributed by atoms with Crippen LogP contribution in [0, 0.1) is 0 Å². The van der Waals surface area contributed by atoms with E-state index in [0.29, 0.717) is 36.2 Å². The van der Waals surface area contributed by atoms with Crippen LogP contribution in [0.3, 0.4) is 0 Å². The van der Waals surface area contributed by atoms with Crippen LogP contribution in [0.2, 0.25) is 0 Å². The molecule has 1 unspecified atom stereocenters. The van der Waals surface area contributed by atoms with Gasteiger partial charge in [-0.1, -0.05) is 23.4 Å². The Balaban J connectivity index is 1.57. The molecule has 7 heteroatoms. The third-order valence-electron chi connectivity index (χ3n) is 4.63. The molecule has 1 aliphatic heterocycles. The number of carbonyl (C=O) groups is 1. The molecule has 1 aromatic heterocycles. The molecule has 2 aromatic carbocycles. The predicted molar refractivity (Wildman–Crippen MR) is 99.0 cm³/mol. The van der Waals surface area contributed by atoms with E-state index in [1.54, 1.807) is 19.1 Å². The summed E-state index contributed by atoms with van der Waals surface area (Å²) in [4.78, 5) is 18.7. The van der Waals surface area contributed by atoms with Crippen molar-refractivity contribution in [1.29, 1.82) is 0 Å². The van der Waals surface area contributed by atoms with E-state index in [1.807, 2.05) is 48.5 Å². The van der Waals surface area contributed by atoms with E-state index >= 15 is 0 Å². The molecule has 0 spiro atoms. The van der Waals surface area contributed by atoms with E-state index in [-0.39, 0.29) is 11.8 Å². The molecular formula is C20H19N3O4. The summed E-state index contributed by atoms with van der Waals surface area (Å²) < 4.78 is 16.1. The first-order valence-electron chi connectivity index (χ1n) is 8.61. The van der Waals surface area contributed by atoms with Crippen molar-refractivity contribution in [2.24, 2.45) is 0 Å². The summed E-state index contributed by atoms with van der Waals surface area (Å²) in [6.45, 7) is 0.486. The predicted octanol–water partition coefficient (Wildman–Crippen LogP) is 3.27. The molecule has 27 heavy (non-hydrogen) atoms. The van der Waals surface area contributed by atoms with Gasteiger partial charge in [-0.2, -0.15) is 4.98 Å². The Bertz CT molecular complexity index is 969. The second kappa shape index (κ2) is 7.11. The number of carbonyl (C=O) groups excluding carboxylic acids is 1. The molecule has 1 aliphatic rings. The van der Waals surface area contributed by atoms with Gasteiger partial charge in [0.1, 0.15) is 11.5 Å². The van der Waals surface area contributed by atoms with Crippen molar-refractivity contribution in [2.75, 3.05) is 25.7 Å². The maximum Gasteiger partial charge on any atom is 0.232 e. The molecule has 2 heterocycles. The van der Waals surface area contributed by atoms with Crippen molar-refractivity contribution in [1.82, 2.24) is 10.1 Å². The Hall–Kier alpha value is -3.35. The highest BCUT2D eigenvalue weighted by molar-refractivity contribution is 5.96. The molecule has 138 valence electrons. The Labute approximate surface area is 156 Å². The number of para-hydroxylation sites is 1. The minimum Gasteiger partial charge on any atom is -0.497 e. The van der Waals surface area contributed by atoms with Crippen LogP contribution in [0.25, 0.3) is 11.4 Å². The fourth-order valence-electron chi connectivity index (χ4n) is 3.24. The summed E-state index contributed by atoms with van der Waals surface area (Å²) in [6.07, 6.45) is 0.324. The van der Waals surface area contributed by atoms with E-state index in [2.05, 4.69) is 10.1 Å². The Morgan fingerprint density at radius 1 is 1.11 bits per heavy atom. The van der Waals surface area contributed by atoms with E-state index in [0.717, 1.165) is 11.3 Å². The molecule has 0 radical (unpaired) electrons. The second-order valence-corrected chi connectivity index (χ2v) is 6.26. The van der Waals surface area contributed by atoms with E-state index in [4.69, 9.17) is 14.0 Å². The van der Waals surface area contributed by atoms with Crippen molar-refractivity contribution in [3.63, 3.8) is 0 Å². The minimum absolute atomic E-state index is 0.0188. The standard InChI is InChI=1S/C20H19N3O4/c1-25-15-7-5-6-14(11-15)23-12-13(10-18(23)24)20-21-19(22-27-20)16-8-3-4-9-17(16)26-2/h3-9,11,13H,10,12H2,1-2H3. The molecule has 1 saturated heterocycles. The van der Waals surface area contributed by atoms with Crippen LogP contribution >= 0.6 is 0 Å². The molecule has 7 nitrogen and oxygen atoms in total. The summed E-state index contributed by atoms with van der Waals surface area (Å²) in [7, 11) is 3.20. The summed E-state index contributed by atoms with van der Waals surface area (Å²) >= 11 is 0. The molecule has 0 bridgehead atoms. The van der Waals surface area contributed by atoms with Crippen molar-refractivity contribution < 1.29 is 18.8 Å². The lowest BCUT2D eigenvalue weighted by atomic mass is 10.1. The Morgan fingerprint density at radius 3 is 2.78 bits per heavy atom. The van der Waals surface area contributed by atoms with Crippen LogP contribution in [-0.2, 0) is 4.79 Å². The number of hydrogen-bond acceptors (Lipinski definition) is 6.